The van der Waals surface area contributed by atoms with Crippen LogP contribution in [0.15, 0.2) is 30.3 Å². The van der Waals surface area contributed by atoms with Crippen LogP contribution in [0.25, 0.3) is 0 Å². The van der Waals surface area contributed by atoms with Crippen molar-refractivity contribution in [3.05, 3.63) is 35.9 Å². The Morgan fingerprint density at radius 1 is 1.24 bits per heavy atom. The molecule has 0 heterocycles. The van der Waals surface area contributed by atoms with Crippen molar-refractivity contribution in [2.75, 3.05) is 6.54 Å². The van der Waals surface area contributed by atoms with Gasteiger partial charge in [0.1, 0.15) is 0 Å². The first-order valence-electron chi connectivity index (χ1n) is 6.48. The summed E-state index contributed by atoms with van der Waals surface area (Å²) >= 11 is 0. The van der Waals surface area contributed by atoms with E-state index in [-0.39, 0.29) is 0 Å². The van der Waals surface area contributed by atoms with E-state index in [1.54, 1.807) is 0 Å². The third-order valence-corrected chi connectivity index (χ3v) is 3.35. The van der Waals surface area contributed by atoms with E-state index in [1.807, 2.05) is 37.3 Å². The molecule has 0 aromatic heterocycles. The number of aliphatic hydroxyl groups is 1. The van der Waals surface area contributed by atoms with Crippen LogP contribution in [0, 0.1) is 5.92 Å². The first-order chi connectivity index (χ1) is 7.97. The van der Waals surface area contributed by atoms with E-state index < -0.39 is 5.60 Å². The normalized spacial score (nSPS) is 16.8. The summed E-state index contributed by atoms with van der Waals surface area (Å²) in [6.07, 6.45) is 1.09. The molecule has 0 bridgehead atoms. The molecule has 2 atom stereocenters. The quantitative estimate of drug-likeness (QED) is 0.794. The standard InChI is InChI=1S/C15H25NO/c1-5-14(12(2)3)16-11-15(4,17)13-9-7-6-8-10-13/h6-10,12,14,16-17H,5,11H2,1-4H3. The van der Waals surface area contributed by atoms with E-state index in [2.05, 4.69) is 26.1 Å². The average molecular weight is 235 g/mol. The van der Waals surface area contributed by atoms with Crippen LogP contribution in [0.5, 0.6) is 0 Å². The van der Waals surface area contributed by atoms with E-state index in [9.17, 15) is 5.11 Å². The molecule has 0 fully saturated rings. The molecule has 96 valence electrons. The third kappa shape index (κ3) is 4.14. The summed E-state index contributed by atoms with van der Waals surface area (Å²) in [6, 6.07) is 10.3. The molecule has 1 aromatic carbocycles. The molecule has 1 rings (SSSR count). The van der Waals surface area contributed by atoms with Gasteiger partial charge in [-0.2, -0.15) is 0 Å². The van der Waals surface area contributed by atoms with Crippen molar-refractivity contribution < 1.29 is 5.11 Å². The second-order valence-electron chi connectivity index (χ2n) is 5.28. The summed E-state index contributed by atoms with van der Waals surface area (Å²) in [5.74, 6) is 0.589. The van der Waals surface area contributed by atoms with Gasteiger partial charge in [0, 0.05) is 12.6 Å². The lowest BCUT2D eigenvalue weighted by Gasteiger charge is -2.29. The Bertz CT molecular complexity index is 319. The van der Waals surface area contributed by atoms with Gasteiger partial charge in [0.25, 0.3) is 0 Å². The highest BCUT2D eigenvalue weighted by Crippen LogP contribution is 2.19. The maximum atomic E-state index is 10.4. The highest BCUT2D eigenvalue weighted by atomic mass is 16.3. The van der Waals surface area contributed by atoms with E-state index in [0.29, 0.717) is 18.5 Å². The molecule has 0 saturated heterocycles. The maximum Gasteiger partial charge on any atom is 0.0992 e. The Kier molecular flexibility index (Phi) is 5.16. The summed E-state index contributed by atoms with van der Waals surface area (Å²) in [4.78, 5) is 0. The predicted octanol–water partition coefficient (Wildman–Crippen LogP) is 2.92. The number of hydrogen-bond donors (Lipinski definition) is 2. The molecule has 0 saturated carbocycles. The zero-order valence-electron chi connectivity index (χ0n) is 11.4. The first-order valence-corrected chi connectivity index (χ1v) is 6.48. The highest BCUT2D eigenvalue weighted by molar-refractivity contribution is 5.21. The molecule has 0 spiro atoms. The van der Waals surface area contributed by atoms with Gasteiger partial charge in [-0.15, -0.1) is 0 Å². The molecule has 2 heteroatoms. The number of hydrogen-bond acceptors (Lipinski definition) is 2. The van der Waals surface area contributed by atoms with E-state index in [0.717, 1.165) is 12.0 Å². The topological polar surface area (TPSA) is 32.3 Å². The lowest BCUT2D eigenvalue weighted by Crippen LogP contribution is -2.42. The molecule has 0 aliphatic rings. The molecule has 0 amide bonds. The van der Waals surface area contributed by atoms with Gasteiger partial charge >= 0.3 is 0 Å². The minimum atomic E-state index is -0.802. The van der Waals surface area contributed by atoms with Gasteiger partial charge < -0.3 is 10.4 Å². The predicted molar refractivity (Wildman–Crippen MR) is 72.9 cm³/mol. The van der Waals surface area contributed by atoms with Crippen molar-refractivity contribution in [2.24, 2.45) is 5.92 Å². The molecule has 1 aromatic rings. The zero-order valence-corrected chi connectivity index (χ0v) is 11.4. The molecule has 2 nitrogen and oxygen atoms in total. The van der Waals surface area contributed by atoms with Gasteiger partial charge in [0.05, 0.1) is 5.60 Å². The minimum absolute atomic E-state index is 0.463. The van der Waals surface area contributed by atoms with Crippen molar-refractivity contribution in [1.29, 1.82) is 0 Å². The van der Waals surface area contributed by atoms with Crippen LogP contribution in [-0.4, -0.2) is 17.7 Å². The monoisotopic (exact) mass is 235 g/mol. The van der Waals surface area contributed by atoms with Crippen molar-refractivity contribution in [2.45, 2.75) is 45.8 Å². The van der Waals surface area contributed by atoms with E-state index in [4.69, 9.17) is 0 Å². The summed E-state index contributed by atoms with van der Waals surface area (Å²) < 4.78 is 0. The van der Waals surface area contributed by atoms with Crippen LogP contribution in [0.1, 0.15) is 39.7 Å². The number of nitrogens with one attached hydrogen (secondary N) is 1. The van der Waals surface area contributed by atoms with E-state index >= 15 is 0 Å². The summed E-state index contributed by atoms with van der Waals surface area (Å²) in [5, 5.41) is 13.9. The van der Waals surface area contributed by atoms with E-state index in [1.165, 1.54) is 0 Å². The lowest BCUT2D eigenvalue weighted by molar-refractivity contribution is 0.0517. The van der Waals surface area contributed by atoms with Crippen LogP contribution in [-0.2, 0) is 5.60 Å². The fourth-order valence-corrected chi connectivity index (χ4v) is 2.08. The fraction of sp³-hybridized carbons (Fsp3) is 0.600. The van der Waals surface area contributed by atoms with Crippen molar-refractivity contribution in [3.8, 4) is 0 Å². The van der Waals surface area contributed by atoms with Crippen molar-refractivity contribution >= 4 is 0 Å². The zero-order chi connectivity index (χ0) is 12.9. The Balaban J connectivity index is 2.61. The van der Waals surface area contributed by atoms with Gasteiger partial charge in [-0.3, -0.25) is 0 Å². The van der Waals surface area contributed by atoms with Crippen LogP contribution < -0.4 is 5.32 Å². The summed E-state index contributed by atoms with van der Waals surface area (Å²) in [7, 11) is 0. The van der Waals surface area contributed by atoms with Crippen LogP contribution in [0.2, 0.25) is 0 Å². The van der Waals surface area contributed by atoms with Crippen LogP contribution >= 0.6 is 0 Å². The number of benzene rings is 1. The molecule has 0 aliphatic heterocycles. The van der Waals surface area contributed by atoms with Crippen LogP contribution in [0.3, 0.4) is 0 Å². The number of rotatable bonds is 6. The van der Waals surface area contributed by atoms with Gasteiger partial charge in [0.15, 0.2) is 0 Å². The molecular formula is C15H25NO. The van der Waals surface area contributed by atoms with Gasteiger partial charge in [0.2, 0.25) is 0 Å². The summed E-state index contributed by atoms with van der Waals surface area (Å²) in [6.45, 7) is 9.04. The Labute approximate surface area is 105 Å². The lowest BCUT2D eigenvalue weighted by atomic mass is 9.94. The molecule has 17 heavy (non-hydrogen) atoms. The third-order valence-electron chi connectivity index (χ3n) is 3.35. The molecule has 0 radical (unpaired) electrons. The van der Waals surface area contributed by atoms with Gasteiger partial charge in [-0.05, 0) is 24.8 Å². The first kappa shape index (κ1) is 14.2. The van der Waals surface area contributed by atoms with Crippen molar-refractivity contribution in [1.82, 2.24) is 5.32 Å². The Hall–Kier alpha value is -0.860. The van der Waals surface area contributed by atoms with Gasteiger partial charge in [-0.1, -0.05) is 51.1 Å². The molecule has 2 unspecified atom stereocenters. The Morgan fingerprint density at radius 2 is 1.82 bits per heavy atom. The maximum absolute atomic E-state index is 10.4. The second kappa shape index (κ2) is 6.18. The summed E-state index contributed by atoms with van der Waals surface area (Å²) in [5.41, 5.74) is 0.162. The largest absolute Gasteiger partial charge is 0.384 e. The average Bonchev–Trinajstić information content (AvgIpc) is 2.30. The van der Waals surface area contributed by atoms with Crippen molar-refractivity contribution in [3.63, 3.8) is 0 Å². The van der Waals surface area contributed by atoms with Gasteiger partial charge in [-0.25, -0.2) is 0 Å². The second-order valence-corrected chi connectivity index (χ2v) is 5.28. The highest BCUT2D eigenvalue weighted by Gasteiger charge is 2.24. The Morgan fingerprint density at radius 3 is 2.29 bits per heavy atom. The molecule has 2 N–H and O–H groups in total. The SMILES string of the molecule is CCC(NCC(C)(O)c1ccccc1)C(C)C. The minimum Gasteiger partial charge on any atom is -0.384 e. The fourth-order valence-electron chi connectivity index (χ4n) is 2.08. The smallest absolute Gasteiger partial charge is 0.0992 e. The van der Waals surface area contributed by atoms with Crippen LogP contribution in [0.4, 0.5) is 0 Å². The molecular weight excluding hydrogens is 210 g/mol. The molecule has 0 aliphatic carbocycles.